The van der Waals surface area contributed by atoms with Gasteiger partial charge in [-0.25, -0.2) is 0 Å². The summed E-state index contributed by atoms with van der Waals surface area (Å²) in [7, 11) is 18.1. The summed E-state index contributed by atoms with van der Waals surface area (Å²) < 4.78 is 10.9. The predicted molar refractivity (Wildman–Crippen MR) is 59.2 cm³/mol. The predicted octanol–water partition coefficient (Wildman–Crippen LogP) is 4.60. The molecule has 0 aliphatic heterocycles. The van der Waals surface area contributed by atoms with E-state index in [1.54, 1.807) is 0 Å². The van der Waals surface area contributed by atoms with Crippen molar-refractivity contribution in [2.75, 3.05) is 0 Å². The summed E-state index contributed by atoms with van der Waals surface area (Å²) in [5, 5.41) is 0. The Balaban J connectivity index is 4.35. The van der Waals surface area contributed by atoms with E-state index in [-0.39, 0.29) is 12.2 Å². The quantitative estimate of drug-likeness (QED) is 0.610. The molecule has 0 fully saturated rings. The molecule has 0 saturated carbocycles. The zero-order chi connectivity index (χ0) is 11.4. The van der Waals surface area contributed by atoms with Gasteiger partial charge in [-0.15, -0.1) is 0 Å². The van der Waals surface area contributed by atoms with Crippen LogP contribution in [0.1, 0.15) is 40.5 Å². The van der Waals surface area contributed by atoms with E-state index in [1.165, 1.54) is 0 Å². The van der Waals surface area contributed by atoms with E-state index in [2.05, 4.69) is 0 Å². The van der Waals surface area contributed by atoms with Crippen molar-refractivity contribution in [1.82, 2.24) is 0 Å². The van der Waals surface area contributed by atoms with Gasteiger partial charge in [0, 0.05) is 0 Å². The van der Waals surface area contributed by atoms with Crippen molar-refractivity contribution >= 4 is 27.6 Å². The molecule has 14 heavy (non-hydrogen) atoms. The number of rotatable bonds is 6. The average Bonchev–Trinajstić information content (AvgIpc) is 2.01. The summed E-state index contributed by atoms with van der Waals surface area (Å²) in [5.41, 5.74) is 0. The first-order chi connectivity index (χ1) is 6.18. The van der Waals surface area contributed by atoms with Crippen LogP contribution in [0.2, 0.25) is 0 Å². The van der Waals surface area contributed by atoms with E-state index in [0.717, 1.165) is 12.8 Å². The molecule has 0 aliphatic rings. The molecular weight excluding hydrogens is 415 g/mol. The molecule has 0 amide bonds. The molecule has 6 heteroatoms. The Morgan fingerprint density at radius 1 is 0.929 bits per heavy atom. The third-order valence-electron chi connectivity index (χ3n) is 1.83. The molecule has 0 saturated heterocycles. The Labute approximate surface area is 99.6 Å². The van der Waals surface area contributed by atoms with Crippen molar-refractivity contribution in [2.24, 2.45) is 0 Å². The van der Waals surface area contributed by atoms with E-state index < -0.39 is 13.4 Å². The van der Waals surface area contributed by atoms with Crippen LogP contribution >= 0.6 is 27.6 Å². The first-order valence-electron chi connectivity index (χ1n) is 4.73. The van der Waals surface area contributed by atoms with Crippen molar-refractivity contribution in [1.29, 1.82) is 0 Å². The van der Waals surface area contributed by atoms with Crippen LogP contribution in [0.5, 0.6) is 0 Å². The zero-order valence-electron chi connectivity index (χ0n) is 8.97. The summed E-state index contributed by atoms with van der Waals surface area (Å²) >= 11 is -4.86. The summed E-state index contributed by atoms with van der Waals surface area (Å²) in [4.78, 5) is 0. The van der Waals surface area contributed by atoms with Crippen LogP contribution in [0.25, 0.3) is 0 Å². The van der Waals surface area contributed by atoms with E-state index >= 15 is 0 Å². The SMILES string of the molecule is CCC(C)[O][Ta]([Cl])([Cl])([Cl])[O]C(C)CC. The van der Waals surface area contributed by atoms with Gasteiger partial charge >= 0.3 is 100 Å². The van der Waals surface area contributed by atoms with E-state index in [0.29, 0.717) is 0 Å². The van der Waals surface area contributed by atoms with Crippen LogP contribution < -0.4 is 0 Å². The Hall–Kier alpha value is 1.53. The molecule has 2 nitrogen and oxygen atoms in total. The van der Waals surface area contributed by atoms with Gasteiger partial charge < -0.3 is 0 Å². The van der Waals surface area contributed by atoms with Crippen LogP contribution in [0.15, 0.2) is 0 Å². The Morgan fingerprint density at radius 3 is 1.43 bits per heavy atom. The van der Waals surface area contributed by atoms with Crippen molar-refractivity contribution in [2.45, 2.75) is 52.7 Å². The van der Waals surface area contributed by atoms with Crippen LogP contribution in [0, 0.1) is 0 Å². The van der Waals surface area contributed by atoms with E-state index in [4.69, 9.17) is 34.1 Å². The molecule has 0 heterocycles. The fraction of sp³-hybridized carbons (Fsp3) is 1.00. The van der Waals surface area contributed by atoms with Gasteiger partial charge in [-0.05, 0) is 0 Å². The number of hydrogen-bond acceptors (Lipinski definition) is 2. The number of halogens is 3. The van der Waals surface area contributed by atoms with Gasteiger partial charge in [0.1, 0.15) is 0 Å². The van der Waals surface area contributed by atoms with Gasteiger partial charge in [-0.3, -0.25) is 0 Å². The van der Waals surface area contributed by atoms with Crippen molar-refractivity contribution in [3.05, 3.63) is 0 Å². The van der Waals surface area contributed by atoms with Crippen molar-refractivity contribution in [3.8, 4) is 0 Å². The molecular formula is C8H18Cl3O2Ta. The van der Waals surface area contributed by atoms with Gasteiger partial charge in [0.25, 0.3) is 0 Å². The molecule has 0 bridgehead atoms. The zero-order valence-corrected chi connectivity index (χ0v) is 14.4. The van der Waals surface area contributed by atoms with Crippen molar-refractivity contribution < 1.29 is 19.9 Å². The van der Waals surface area contributed by atoms with Gasteiger partial charge in [0.05, 0.1) is 0 Å². The van der Waals surface area contributed by atoms with Gasteiger partial charge in [0.15, 0.2) is 0 Å². The minimum atomic E-state index is -4.86. The normalized spacial score (nSPS) is 19.8. The Morgan fingerprint density at radius 2 is 1.21 bits per heavy atom. The summed E-state index contributed by atoms with van der Waals surface area (Å²) in [6, 6.07) is 0. The van der Waals surface area contributed by atoms with Crippen LogP contribution in [-0.2, 0) is 19.9 Å². The standard InChI is InChI=1S/2C4H9O.3ClH.Ta/c2*1-3-4(2)5;;;;/h2*4H,3H2,1-2H3;3*1H;/q2*-1;;;;+5/p-3. The molecule has 0 aromatic carbocycles. The molecule has 0 aliphatic carbocycles. The van der Waals surface area contributed by atoms with Crippen molar-refractivity contribution in [3.63, 3.8) is 0 Å². The molecule has 88 valence electrons. The van der Waals surface area contributed by atoms with Gasteiger partial charge in [-0.1, -0.05) is 0 Å². The van der Waals surface area contributed by atoms with E-state index in [1.807, 2.05) is 27.7 Å². The van der Waals surface area contributed by atoms with Crippen LogP contribution in [0.4, 0.5) is 0 Å². The molecule has 2 unspecified atom stereocenters. The second-order valence-corrected chi connectivity index (χ2v) is 29.1. The van der Waals surface area contributed by atoms with Crippen LogP contribution in [0.3, 0.4) is 0 Å². The first kappa shape index (κ1) is 15.5. The topological polar surface area (TPSA) is 18.5 Å². The molecule has 0 aromatic rings. The third-order valence-corrected chi connectivity index (χ3v) is 10.7. The molecule has 0 spiro atoms. The molecule has 2 atom stereocenters. The monoisotopic (exact) mass is 432 g/mol. The minimum absolute atomic E-state index is 0.0702. The average molecular weight is 434 g/mol. The summed E-state index contributed by atoms with van der Waals surface area (Å²) in [5.74, 6) is 0. The maximum absolute atomic E-state index is 6.04. The Bertz CT molecular complexity index is 165. The van der Waals surface area contributed by atoms with Crippen LogP contribution in [-0.4, -0.2) is 12.2 Å². The fourth-order valence-electron chi connectivity index (χ4n) is 0.729. The molecule has 0 radical (unpaired) electrons. The van der Waals surface area contributed by atoms with Gasteiger partial charge in [-0.2, -0.15) is 0 Å². The second kappa shape index (κ2) is 5.74. The molecule has 0 aromatic heterocycles. The third kappa shape index (κ3) is 6.91. The maximum atomic E-state index is 6.04. The van der Waals surface area contributed by atoms with E-state index in [9.17, 15) is 0 Å². The first-order valence-corrected chi connectivity index (χ1v) is 19.3. The number of hydrogen-bond donors (Lipinski definition) is 0. The second-order valence-electron chi connectivity index (χ2n) is 3.33. The summed E-state index contributed by atoms with van der Waals surface area (Å²) in [6.45, 7) is 7.71. The molecule has 0 N–H and O–H groups in total. The molecule has 0 rings (SSSR count). The summed E-state index contributed by atoms with van der Waals surface area (Å²) in [6.07, 6.45) is 1.47. The fourth-order valence-corrected chi connectivity index (χ4v) is 12.6. The van der Waals surface area contributed by atoms with Gasteiger partial charge in [0.2, 0.25) is 0 Å². The Kier molecular flexibility index (Phi) is 6.37.